The van der Waals surface area contributed by atoms with E-state index in [0.717, 1.165) is 70.6 Å². The molecular weight excluding hydrogens is 304 g/mol. The molecule has 0 N–H and O–H groups in total. The molecule has 1 atom stereocenters. The number of piperidine rings is 6. The summed E-state index contributed by atoms with van der Waals surface area (Å²) < 4.78 is 5.48. The Hall–Kier alpha value is -1.20. The van der Waals surface area contributed by atoms with E-state index in [2.05, 4.69) is 23.3 Å². The minimum absolute atomic E-state index is 0.0778. The van der Waals surface area contributed by atoms with E-state index in [1.807, 2.05) is 0 Å². The van der Waals surface area contributed by atoms with Crippen LogP contribution in [0, 0.1) is 11.8 Å². The first-order valence-electron chi connectivity index (χ1n) is 9.45. The van der Waals surface area contributed by atoms with E-state index in [4.69, 9.17) is 4.74 Å². The van der Waals surface area contributed by atoms with Crippen LogP contribution in [0.15, 0.2) is 12.3 Å². The third-order valence-corrected chi connectivity index (χ3v) is 5.86. The first-order chi connectivity index (χ1) is 11.6. The molecule has 6 fully saturated rings. The summed E-state index contributed by atoms with van der Waals surface area (Å²) in [4.78, 5) is 27.5. The van der Waals surface area contributed by atoms with Crippen molar-refractivity contribution in [3.63, 3.8) is 0 Å². The molecule has 4 bridgehead atoms. The topological polar surface area (TPSA) is 49.9 Å². The average Bonchev–Trinajstić information content (AvgIpc) is 2.63. The summed E-state index contributed by atoms with van der Waals surface area (Å²) in [5.41, 5.74) is 0.752. The van der Waals surface area contributed by atoms with Crippen molar-refractivity contribution in [1.29, 1.82) is 0 Å². The average molecular weight is 334 g/mol. The van der Waals surface area contributed by atoms with Crippen molar-refractivity contribution in [2.24, 2.45) is 11.8 Å². The summed E-state index contributed by atoms with van der Waals surface area (Å²) in [6.45, 7) is 11.5. The van der Waals surface area contributed by atoms with Gasteiger partial charge in [0.25, 0.3) is 0 Å². The number of carbonyl (C=O) groups excluding carboxylic acids is 2. The lowest BCUT2D eigenvalue weighted by Crippen LogP contribution is -2.57. The molecule has 6 aliphatic rings. The quantitative estimate of drug-likeness (QED) is 0.580. The predicted octanol–water partition coefficient (Wildman–Crippen LogP) is 1.87. The molecule has 0 amide bonds. The van der Waals surface area contributed by atoms with Gasteiger partial charge >= 0.3 is 0 Å². The molecule has 0 aliphatic carbocycles. The number of ketones is 2. The summed E-state index contributed by atoms with van der Waals surface area (Å²) in [5, 5.41) is 0. The van der Waals surface area contributed by atoms with E-state index in [-0.39, 0.29) is 11.8 Å². The van der Waals surface area contributed by atoms with Crippen LogP contribution in [-0.4, -0.2) is 66.8 Å². The standard InChI is InChI=1S/C11H19NO2.C8H11NO/c1-2-7-14-8-10-11(13)9-3-5-12(10)6-4-9;1-6-8(10)7-2-4-9(6)5-3-7/h9-10H,2-8H2,1H3;7H,1-5H2. The van der Waals surface area contributed by atoms with E-state index in [1.54, 1.807) is 0 Å². The fraction of sp³-hybridized carbons (Fsp3) is 0.789. The zero-order chi connectivity index (χ0) is 17.1. The van der Waals surface area contributed by atoms with Gasteiger partial charge in [-0.3, -0.25) is 14.5 Å². The predicted molar refractivity (Wildman–Crippen MR) is 92.6 cm³/mol. The molecule has 5 nitrogen and oxygen atoms in total. The number of rotatable bonds is 4. The number of Topliss-reactive ketones (excluding diaryl/α,β-unsaturated/α-hetero) is 2. The molecule has 0 spiro atoms. The van der Waals surface area contributed by atoms with Crippen LogP contribution >= 0.6 is 0 Å². The third-order valence-electron chi connectivity index (χ3n) is 5.86. The molecule has 24 heavy (non-hydrogen) atoms. The van der Waals surface area contributed by atoms with Crippen molar-refractivity contribution in [2.75, 3.05) is 39.4 Å². The molecule has 6 rings (SSSR count). The van der Waals surface area contributed by atoms with Crippen LogP contribution < -0.4 is 0 Å². The second kappa shape index (κ2) is 7.79. The summed E-state index contributed by atoms with van der Waals surface area (Å²) >= 11 is 0. The van der Waals surface area contributed by atoms with Gasteiger partial charge in [-0.2, -0.15) is 0 Å². The summed E-state index contributed by atoms with van der Waals surface area (Å²) in [5.74, 6) is 1.38. The van der Waals surface area contributed by atoms with Crippen LogP contribution in [0.3, 0.4) is 0 Å². The van der Waals surface area contributed by atoms with Crippen molar-refractivity contribution in [1.82, 2.24) is 9.80 Å². The number of fused-ring (bicyclic) bond motifs is 6. The lowest BCUT2D eigenvalue weighted by Gasteiger charge is -2.43. The molecule has 0 aromatic heterocycles. The van der Waals surface area contributed by atoms with E-state index in [1.165, 1.54) is 0 Å². The van der Waals surface area contributed by atoms with Gasteiger partial charge in [0.2, 0.25) is 0 Å². The van der Waals surface area contributed by atoms with Gasteiger partial charge in [-0.15, -0.1) is 0 Å². The Morgan fingerprint density at radius 1 is 1.04 bits per heavy atom. The van der Waals surface area contributed by atoms with Crippen molar-refractivity contribution in [3.8, 4) is 0 Å². The first-order valence-corrected chi connectivity index (χ1v) is 9.45. The van der Waals surface area contributed by atoms with Gasteiger partial charge in [-0.1, -0.05) is 13.5 Å². The normalized spacial score (nSPS) is 32.1. The van der Waals surface area contributed by atoms with Gasteiger partial charge < -0.3 is 9.64 Å². The fourth-order valence-electron chi connectivity index (χ4n) is 4.28. The maximum atomic E-state index is 11.9. The van der Waals surface area contributed by atoms with Gasteiger partial charge in [-0.25, -0.2) is 0 Å². The molecule has 134 valence electrons. The number of ether oxygens (including phenoxy) is 1. The van der Waals surface area contributed by atoms with Crippen molar-refractivity contribution in [3.05, 3.63) is 12.3 Å². The summed E-state index contributed by atoms with van der Waals surface area (Å²) in [6, 6.07) is 0.0778. The Labute approximate surface area is 145 Å². The van der Waals surface area contributed by atoms with E-state index in [9.17, 15) is 9.59 Å². The largest absolute Gasteiger partial charge is 0.379 e. The second-order valence-electron chi connectivity index (χ2n) is 7.38. The molecule has 0 aromatic carbocycles. The molecule has 1 unspecified atom stereocenters. The number of hydrogen-bond acceptors (Lipinski definition) is 5. The molecule has 6 heterocycles. The minimum Gasteiger partial charge on any atom is -0.379 e. The van der Waals surface area contributed by atoms with Gasteiger partial charge in [0.1, 0.15) is 0 Å². The highest BCUT2D eigenvalue weighted by molar-refractivity contribution is 5.97. The molecule has 6 aliphatic heterocycles. The second-order valence-corrected chi connectivity index (χ2v) is 7.38. The fourth-order valence-corrected chi connectivity index (χ4v) is 4.28. The van der Waals surface area contributed by atoms with Crippen LogP contribution in [0.25, 0.3) is 0 Å². The Morgan fingerprint density at radius 2 is 1.67 bits per heavy atom. The van der Waals surface area contributed by atoms with E-state index < -0.39 is 0 Å². The first kappa shape index (κ1) is 17.6. The highest BCUT2D eigenvalue weighted by Gasteiger charge is 2.40. The van der Waals surface area contributed by atoms with Crippen molar-refractivity contribution in [2.45, 2.75) is 45.1 Å². The number of allylic oxidation sites excluding steroid dienone is 1. The zero-order valence-electron chi connectivity index (χ0n) is 14.8. The Kier molecular flexibility index (Phi) is 5.72. The Morgan fingerprint density at radius 3 is 2.12 bits per heavy atom. The third kappa shape index (κ3) is 3.57. The SMILES string of the molecule is C=C1C(=O)C2CCN1CC2.CCCOCC1C(=O)C2CCN1CC2. The summed E-state index contributed by atoms with van der Waals surface area (Å²) in [6.07, 6.45) is 5.28. The van der Waals surface area contributed by atoms with Gasteiger partial charge in [-0.05, 0) is 45.2 Å². The molecular formula is C19H30N2O3. The van der Waals surface area contributed by atoms with Gasteiger partial charge in [0.05, 0.1) is 18.3 Å². The molecule has 0 saturated carbocycles. The highest BCUT2D eigenvalue weighted by atomic mass is 16.5. The van der Waals surface area contributed by atoms with Crippen LogP contribution in [0.4, 0.5) is 0 Å². The lowest BCUT2D eigenvalue weighted by atomic mass is 9.82. The molecule has 6 saturated heterocycles. The highest BCUT2D eigenvalue weighted by Crippen LogP contribution is 2.30. The molecule has 5 heteroatoms. The Bertz CT molecular complexity index is 467. The van der Waals surface area contributed by atoms with Crippen molar-refractivity contribution >= 4 is 11.6 Å². The monoisotopic (exact) mass is 334 g/mol. The number of nitrogens with zero attached hydrogens (tertiary/aromatic N) is 2. The summed E-state index contributed by atoms with van der Waals surface area (Å²) in [7, 11) is 0. The lowest BCUT2D eigenvalue weighted by molar-refractivity contribution is -0.140. The van der Waals surface area contributed by atoms with Crippen molar-refractivity contribution < 1.29 is 14.3 Å². The van der Waals surface area contributed by atoms with Gasteiger partial charge in [0.15, 0.2) is 11.6 Å². The van der Waals surface area contributed by atoms with E-state index >= 15 is 0 Å². The Balaban J connectivity index is 0.000000149. The van der Waals surface area contributed by atoms with Gasteiger partial charge in [0, 0.05) is 31.5 Å². The van der Waals surface area contributed by atoms with Crippen LogP contribution in [0.1, 0.15) is 39.0 Å². The number of carbonyl (C=O) groups is 2. The minimum atomic E-state index is 0.0778. The number of hydrogen-bond donors (Lipinski definition) is 0. The van der Waals surface area contributed by atoms with E-state index in [0.29, 0.717) is 24.2 Å². The maximum absolute atomic E-state index is 11.9. The van der Waals surface area contributed by atoms with Crippen LogP contribution in [0.2, 0.25) is 0 Å². The molecule has 0 radical (unpaired) electrons. The zero-order valence-corrected chi connectivity index (χ0v) is 14.8. The van der Waals surface area contributed by atoms with Crippen LogP contribution in [0.5, 0.6) is 0 Å². The maximum Gasteiger partial charge on any atom is 0.181 e. The van der Waals surface area contributed by atoms with Crippen LogP contribution in [-0.2, 0) is 14.3 Å². The molecule has 0 aromatic rings. The smallest absolute Gasteiger partial charge is 0.181 e.